The number of carbonyl (C=O) groups excluding carboxylic acids is 3. The summed E-state index contributed by atoms with van der Waals surface area (Å²) < 4.78 is 0. The molecule has 1 atom stereocenters. The molecular formula is C27H31N5O3. The van der Waals surface area contributed by atoms with Crippen LogP contribution in [0.25, 0.3) is 0 Å². The average Bonchev–Trinajstić information content (AvgIpc) is 3.81. The Kier molecular flexibility index (Phi) is 5.27. The molecule has 35 heavy (non-hydrogen) atoms. The van der Waals surface area contributed by atoms with Crippen LogP contribution in [-0.4, -0.2) is 53.9 Å². The van der Waals surface area contributed by atoms with Crippen LogP contribution in [0.3, 0.4) is 0 Å². The zero-order valence-corrected chi connectivity index (χ0v) is 20.0. The van der Waals surface area contributed by atoms with E-state index in [0.717, 1.165) is 18.9 Å². The third kappa shape index (κ3) is 3.94. The van der Waals surface area contributed by atoms with E-state index >= 15 is 0 Å². The molecular weight excluding hydrogens is 442 g/mol. The highest BCUT2D eigenvalue weighted by molar-refractivity contribution is 6.07. The van der Waals surface area contributed by atoms with Crippen molar-refractivity contribution >= 4 is 23.7 Å². The van der Waals surface area contributed by atoms with Crippen LogP contribution >= 0.6 is 0 Å². The van der Waals surface area contributed by atoms with E-state index in [1.54, 1.807) is 24.3 Å². The van der Waals surface area contributed by atoms with Gasteiger partial charge in [0.25, 0.3) is 11.8 Å². The van der Waals surface area contributed by atoms with Gasteiger partial charge in [-0.25, -0.2) is 9.78 Å². The van der Waals surface area contributed by atoms with Gasteiger partial charge in [0.2, 0.25) is 0 Å². The van der Waals surface area contributed by atoms with E-state index in [4.69, 9.17) is 4.98 Å². The van der Waals surface area contributed by atoms with Gasteiger partial charge in [-0.3, -0.25) is 14.9 Å². The molecule has 6 rings (SSSR count). The molecule has 1 aromatic carbocycles. The van der Waals surface area contributed by atoms with Crippen molar-refractivity contribution in [2.24, 2.45) is 0 Å². The molecule has 8 nitrogen and oxygen atoms in total. The Morgan fingerprint density at radius 1 is 1.03 bits per heavy atom. The molecule has 4 aliphatic rings. The van der Waals surface area contributed by atoms with Crippen molar-refractivity contribution in [2.45, 2.75) is 56.4 Å². The summed E-state index contributed by atoms with van der Waals surface area (Å²) in [6, 6.07) is 8.95. The number of pyridine rings is 1. The number of nitrogens with zero attached hydrogens (tertiary/aromatic N) is 3. The predicted molar refractivity (Wildman–Crippen MR) is 131 cm³/mol. The normalized spacial score (nSPS) is 24.4. The molecule has 0 spiro atoms. The van der Waals surface area contributed by atoms with Gasteiger partial charge >= 0.3 is 6.03 Å². The van der Waals surface area contributed by atoms with Crippen molar-refractivity contribution in [2.75, 3.05) is 31.1 Å². The first-order chi connectivity index (χ1) is 17.0. The van der Waals surface area contributed by atoms with Crippen LogP contribution in [0.4, 0.5) is 10.6 Å². The molecule has 0 unspecified atom stereocenters. The standard InChI is InChI=1S/C27H31N5O3/c1-2-27(25(34)29-26(35)30-27)21-9-7-19(8-10-21)24(33)32-13-11-31(12-14-32)23-22(18-5-6-18)15-20(16-28-23)17-3-4-17/h7-10,15-18H,2-6,11-14H2,1H3,(H2,29,30,34,35)/t27-/m1/s1. The summed E-state index contributed by atoms with van der Waals surface area (Å²) in [4.78, 5) is 46.4. The minimum absolute atomic E-state index is 0.0129. The minimum atomic E-state index is -1.08. The van der Waals surface area contributed by atoms with E-state index < -0.39 is 11.6 Å². The van der Waals surface area contributed by atoms with Gasteiger partial charge in [0.15, 0.2) is 0 Å². The number of amides is 4. The van der Waals surface area contributed by atoms with Gasteiger partial charge < -0.3 is 15.1 Å². The third-order valence-corrected chi connectivity index (χ3v) is 7.95. The number of hydrogen-bond donors (Lipinski definition) is 2. The highest BCUT2D eigenvalue weighted by Crippen LogP contribution is 2.47. The van der Waals surface area contributed by atoms with Gasteiger partial charge in [0.1, 0.15) is 11.4 Å². The van der Waals surface area contributed by atoms with E-state index in [-0.39, 0.29) is 11.8 Å². The van der Waals surface area contributed by atoms with Crippen molar-refractivity contribution in [1.29, 1.82) is 0 Å². The SMILES string of the molecule is CC[C@]1(c2ccc(C(=O)N3CCN(c4ncc(C5CC5)cc4C4CC4)CC3)cc2)NC(=O)NC1=O. The van der Waals surface area contributed by atoms with Gasteiger partial charge in [-0.15, -0.1) is 0 Å². The lowest BCUT2D eigenvalue weighted by Crippen LogP contribution is -2.49. The lowest BCUT2D eigenvalue weighted by molar-refractivity contribution is -0.124. The van der Waals surface area contributed by atoms with Crippen molar-refractivity contribution in [3.05, 3.63) is 58.8 Å². The minimum Gasteiger partial charge on any atom is -0.353 e. The zero-order chi connectivity index (χ0) is 24.2. The second-order valence-corrected chi connectivity index (χ2v) is 10.3. The van der Waals surface area contributed by atoms with Gasteiger partial charge in [-0.05, 0) is 72.8 Å². The molecule has 2 saturated heterocycles. The smallest absolute Gasteiger partial charge is 0.322 e. The summed E-state index contributed by atoms with van der Waals surface area (Å²) in [5, 5.41) is 5.06. The average molecular weight is 474 g/mol. The molecule has 2 aliphatic carbocycles. The largest absolute Gasteiger partial charge is 0.353 e. The Morgan fingerprint density at radius 2 is 1.71 bits per heavy atom. The monoisotopic (exact) mass is 473 g/mol. The molecule has 2 N–H and O–H groups in total. The first-order valence-electron chi connectivity index (χ1n) is 12.8. The molecule has 0 radical (unpaired) electrons. The van der Waals surface area contributed by atoms with Gasteiger partial charge in [0, 0.05) is 37.9 Å². The quantitative estimate of drug-likeness (QED) is 0.628. The van der Waals surface area contributed by atoms with Crippen LogP contribution in [0.2, 0.25) is 0 Å². The highest BCUT2D eigenvalue weighted by Gasteiger charge is 2.46. The van der Waals surface area contributed by atoms with Crippen molar-refractivity contribution < 1.29 is 14.4 Å². The number of piperazine rings is 1. The number of benzene rings is 1. The Bertz CT molecular complexity index is 1180. The van der Waals surface area contributed by atoms with Crippen LogP contribution < -0.4 is 15.5 Å². The Labute approximate surface area is 205 Å². The number of carbonyl (C=O) groups is 3. The van der Waals surface area contributed by atoms with Crippen LogP contribution in [0.15, 0.2) is 36.5 Å². The van der Waals surface area contributed by atoms with E-state index in [1.807, 2.05) is 11.8 Å². The Hall–Kier alpha value is -3.42. The first-order valence-corrected chi connectivity index (χ1v) is 12.8. The molecule has 2 saturated carbocycles. The number of urea groups is 1. The number of nitrogens with one attached hydrogen (secondary N) is 2. The molecule has 182 valence electrons. The fourth-order valence-corrected chi connectivity index (χ4v) is 5.44. The second-order valence-electron chi connectivity index (χ2n) is 10.3. The molecule has 3 heterocycles. The molecule has 0 bridgehead atoms. The molecule has 4 fully saturated rings. The summed E-state index contributed by atoms with van der Waals surface area (Å²) in [5.41, 5.74) is 2.98. The summed E-state index contributed by atoms with van der Waals surface area (Å²) in [6.07, 6.45) is 7.57. The third-order valence-electron chi connectivity index (χ3n) is 7.95. The van der Waals surface area contributed by atoms with Crippen molar-refractivity contribution in [3.8, 4) is 0 Å². The number of hydrogen-bond acceptors (Lipinski definition) is 5. The maximum absolute atomic E-state index is 13.2. The number of rotatable bonds is 6. The van der Waals surface area contributed by atoms with Crippen LogP contribution in [0.1, 0.15) is 77.9 Å². The van der Waals surface area contributed by atoms with Crippen LogP contribution in [0, 0.1) is 0 Å². The topological polar surface area (TPSA) is 94.6 Å². The number of aromatic nitrogens is 1. The Morgan fingerprint density at radius 3 is 2.29 bits per heavy atom. The summed E-state index contributed by atoms with van der Waals surface area (Å²) in [6.45, 7) is 4.68. The van der Waals surface area contributed by atoms with E-state index in [1.165, 1.54) is 36.8 Å². The van der Waals surface area contributed by atoms with E-state index in [0.29, 0.717) is 42.5 Å². The van der Waals surface area contributed by atoms with E-state index in [9.17, 15) is 14.4 Å². The van der Waals surface area contributed by atoms with Gasteiger partial charge in [-0.1, -0.05) is 25.1 Å². The molecule has 2 aliphatic heterocycles. The summed E-state index contributed by atoms with van der Waals surface area (Å²) >= 11 is 0. The van der Waals surface area contributed by atoms with Crippen LogP contribution in [0.5, 0.6) is 0 Å². The van der Waals surface area contributed by atoms with Gasteiger partial charge in [-0.2, -0.15) is 0 Å². The van der Waals surface area contributed by atoms with Gasteiger partial charge in [0.05, 0.1) is 0 Å². The Balaban J connectivity index is 1.13. The highest BCUT2D eigenvalue weighted by atomic mass is 16.2. The van der Waals surface area contributed by atoms with Crippen LogP contribution in [-0.2, 0) is 10.3 Å². The lowest BCUT2D eigenvalue weighted by atomic mass is 9.87. The zero-order valence-electron chi connectivity index (χ0n) is 20.0. The second kappa shape index (κ2) is 8.36. The number of imide groups is 1. The lowest BCUT2D eigenvalue weighted by Gasteiger charge is -2.36. The molecule has 8 heteroatoms. The predicted octanol–water partition coefficient (Wildman–Crippen LogP) is 3.24. The van der Waals surface area contributed by atoms with Crippen molar-refractivity contribution in [3.63, 3.8) is 0 Å². The van der Waals surface area contributed by atoms with Crippen molar-refractivity contribution in [1.82, 2.24) is 20.5 Å². The fourth-order valence-electron chi connectivity index (χ4n) is 5.44. The summed E-state index contributed by atoms with van der Waals surface area (Å²) in [5.74, 6) is 2.09. The maximum atomic E-state index is 13.2. The number of anilines is 1. The maximum Gasteiger partial charge on any atom is 0.322 e. The fraction of sp³-hybridized carbons (Fsp3) is 0.481. The summed E-state index contributed by atoms with van der Waals surface area (Å²) in [7, 11) is 0. The molecule has 4 amide bonds. The molecule has 2 aromatic rings. The molecule has 1 aromatic heterocycles. The van der Waals surface area contributed by atoms with E-state index in [2.05, 4.69) is 27.8 Å². The first kappa shape index (κ1) is 22.1.